The van der Waals surface area contributed by atoms with Crippen molar-refractivity contribution in [2.75, 3.05) is 5.32 Å². The van der Waals surface area contributed by atoms with Gasteiger partial charge in [-0.3, -0.25) is 4.40 Å². The third kappa shape index (κ3) is 2.99. The smallest absolute Gasteiger partial charge is 0.143 e. The highest BCUT2D eigenvalue weighted by Crippen LogP contribution is 2.34. The van der Waals surface area contributed by atoms with Crippen molar-refractivity contribution in [3.63, 3.8) is 0 Å². The second-order valence-corrected chi connectivity index (χ2v) is 7.22. The zero-order valence-electron chi connectivity index (χ0n) is 14.4. The Morgan fingerprint density at radius 2 is 1.85 bits per heavy atom. The molecule has 0 aliphatic heterocycles. The van der Waals surface area contributed by atoms with Gasteiger partial charge in [0.25, 0.3) is 0 Å². The molecule has 0 aliphatic carbocycles. The van der Waals surface area contributed by atoms with Gasteiger partial charge in [0, 0.05) is 21.9 Å². The van der Waals surface area contributed by atoms with Crippen molar-refractivity contribution in [3.8, 4) is 11.3 Å². The molecule has 0 bridgehead atoms. The lowest BCUT2D eigenvalue weighted by Crippen LogP contribution is -1.99. The highest BCUT2D eigenvalue weighted by Gasteiger charge is 2.18. The van der Waals surface area contributed by atoms with E-state index < -0.39 is 0 Å². The molecule has 0 fully saturated rings. The number of aromatic nitrogens is 2. The fourth-order valence-corrected chi connectivity index (χ4v) is 3.34. The number of nitrogens with zero attached hydrogens (tertiary/aromatic N) is 2. The third-order valence-electron chi connectivity index (χ3n) is 4.35. The van der Waals surface area contributed by atoms with Gasteiger partial charge in [0.1, 0.15) is 23.0 Å². The Balaban J connectivity index is 1.98. The van der Waals surface area contributed by atoms with E-state index in [1.54, 1.807) is 12.1 Å². The minimum atomic E-state index is -0.304. The van der Waals surface area contributed by atoms with Crippen molar-refractivity contribution in [2.24, 2.45) is 0 Å². The van der Waals surface area contributed by atoms with Crippen LogP contribution in [0.15, 0.2) is 65.3 Å². The number of fused-ring (bicyclic) bond motifs is 1. The first-order chi connectivity index (χ1) is 12.5. The van der Waals surface area contributed by atoms with Gasteiger partial charge in [-0.05, 0) is 55.3 Å². The van der Waals surface area contributed by atoms with E-state index in [-0.39, 0.29) is 5.82 Å². The van der Waals surface area contributed by atoms with E-state index in [0.717, 1.165) is 32.8 Å². The molecule has 0 radical (unpaired) electrons. The number of nitrogens with one attached hydrogen (secondary N) is 1. The molecule has 0 amide bonds. The number of aryl methyl sites for hydroxylation is 2. The number of hydrogen-bond acceptors (Lipinski definition) is 2. The van der Waals surface area contributed by atoms with Crippen molar-refractivity contribution in [1.29, 1.82) is 0 Å². The van der Waals surface area contributed by atoms with Crippen LogP contribution in [-0.2, 0) is 0 Å². The minimum absolute atomic E-state index is 0.304. The van der Waals surface area contributed by atoms with Crippen LogP contribution in [0.4, 0.5) is 15.9 Å². The maximum atomic E-state index is 14.6. The lowest BCUT2D eigenvalue weighted by Gasteiger charge is -2.12. The Bertz CT molecular complexity index is 1120. The molecule has 1 N–H and O–H groups in total. The number of hydrogen-bond donors (Lipinski definition) is 1. The van der Waals surface area contributed by atoms with E-state index in [0.29, 0.717) is 11.3 Å². The van der Waals surface area contributed by atoms with E-state index in [2.05, 4.69) is 21.2 Å². The zero-order chi connectivity index (χ0) is 18.3. The van der Waals surface area contributed by atoms with Gasteiger partial charge in [0.15, 0.2) is 0 Å². The molecular formula is C21H17BrFN3. The van der Waals surface area contributed by atoms with E-state index in [1.807, 2.05) is 60.8 Å². The molecule has 5 heteroatoms. The van der Waals surface area contributed by atoms with E-state index in [9.17, 15) is 4.39 Å². The van der Waals surface area contributed by atoms with Gasteiger partial charge < -0.3 is 5.32 Å². The van der Waals surface area contributed by atoms with Crippen LogP contribution in [0, 0.1) is 19.7 Å². The van der Waals surface area contributed by atoms with Gasteiger partial charge >= 0.3 is 0 Å². The molecule has 0 saturated heterocycles. The van der Waals surface area contributed by atoms with Crippen LogP contribution in [0.5, 0.6) is 0 Å². The molecule has 2 aromatic carbocycles. The maximum Gasteiger partial charge on any atom is 0.143 e. The van der Waals surface area contributed by atoms with Crippen molar-refractivity contribution < 1.29 is 4.39 Å². The van der Waals surface area contributed by atoms with E-state index >= 15 is 0 Å². The Labute approximate surface area is 159 Å². The molecule has 0 atom stereocenters. The van der Waals surface area contributed by atoms with Gasteiger partial charge in [-0.2, -0.15) is 0 Å². The Morgan fingerprint density at radius 3 is 2.65 bits per heavy atom. The molecule has 2 aromatic heterocycles. The van der Waals surface area contributed by atoms with Crippen molar-refractivity contribution in [2.45, 2.75) is 13.8 Å². The topological polar surface area (TPSA) is 29.3 Å². The first-order valence-corrected chi connectivity index (χ1v) is 9.09. The summed E-state index contributed by atoms with van der Waals surface area (Å²) in [6, 6.07) is 16.9. The lowest BCUT2D eigenvalue weighted by molar-refractivity contribution is 0.630. The normalized spacial score (nSPS) is 11.1. The average Bonchev–Trinajstić information content (AvgIpc) is 2.97. The SMILES string of the molecule is Cc1ccc2nc(-c3cc(Br)ccc3F)c(Nc3ccccc3C)n2c1. The van der Waals surface area contributed by atoms with Crippen LogP contribution in [-0.4, -0.2) is 9.38 Å². The summed E-state index contributed by atoms with van der Waals surface area (Å²) in [4.78, 5) is 4.69. The van der Waals surface area contributed by atoms with E-state index in [1.165, 1.54) is 6.07 Å². The molecule has 4 aromatic rings. The summed E-state index contributed by atoms with van der Waals surface area (Å²) in [6.45, 7) is 4.06. The zero-order valence-corrected chi connectivity index (χ0v) is 16.0. The van der Waals surface area contributed by atoms with Crippen molar-refractivity contribution >= 4 is 33.1 Å². The highest BCUT2D eigenvalue weighted by molar-refractivity contribution is 9.10. The number of benzene rings is 2. The highest BCUT2D eigenvalue weighted by atomic mass is 79.9. The van der Waals surface area contributed by atoms with Crippen molar-refractivity contribution in [3.05, 3.63) is 82.2 Å². The van der Waals surface area contributed by atoms with Gasteiger partial charge in [-0.15, -0.1) is 0 Å². The largest absolute Gasteiger partial charge is 0.339 e. The van der Waals surface area contributed by atoms with Crippen LogP contribution >= 0.6 is 15.9 Å². The van der Waals surface area contributed by atoms with Crippen LogP contribution in [0.1, 0.15) is 11.1 Å². The monoisotopic (exact) mass is 409 g/mol. The molecule has 0 spiro atoms. The Hall–Kier alpha value is -2.66. The second-order valence-electron chi connectivity index (χ2n) is 6.31. The van der Waals surface area contributed by atoms with Crippen LogP contribution in [0.2, 0.25) is 0 Å². The molecule has 4 rings (SSSR count). The summed E-state index contributed by atoms with van der Waals surface area (Å²) < 4.78 is 17.3. The van der Waals surface area contributed by atoms with Crippen LogP contribution < -0.4 is 5.32 Å². The number of anilines is 2. The summed E-state index contributed by atoms with van der Waals surface area (Å²) in [5, 5.41) is 3.45. The summed E-state index contributed by atoms with van der Waals surface area (Å²) >= 11 is 3.43. The molecular weight excluding hydrogens is 393 g/mol. The molecule has 0 unspecified atom stereocenters. The number of para-hydroxylation sites is 1. The summed E-state index contributed by atoms with van der Waals surface area (Å²) in [7, 11) is 0. The molecule has 130 valence electrons. The van der Waals surface area contributed by atoms with Crippen LogP contribution in [0.25, 0.3) is 16.9 Å². The van der Waals surface area contributed by atoms with Crippen molar-refractivity contribution in [1.82, 2.24) is 9.38 Å². The summed E-state index contributed by atoms with van der Waals surface area (Å²) in [6.07, 6.45) is 2.00. The fourth-order valence-electron chi connectivity index (χ4n) is 2.98. The van der Waals surface area contributed by atoms with Crippen LogP contribution in [0.3, 0.4) is 0 Å². The maximum absolute atomic E-state index is 14.6. The molecule has 3 nitrogen and oxygen atoms in total. The number of pyridine rings is 1. The first kappa shape index (κ1) is 16.8. The van der Waals surface area contributed by atoms with Gasteiger partial charge in [-0.25, -0.2) is 9.37 Å². The predicted molar refractivity (Wildman–Crippen MR) is 107 cm³/mol. The number of halogens is 2. The summed E-state index contributed by atoms with van der Waals surface area (Å²) in [5.41, 5.74) is 4.97. The standard InChI is InChI=1S/C21H17BrFN3/c1-13-7-10-19-25-20(16-11-15(22)8-9-17(16)23)21(26(19)12-13)24-18-6-4-3-5-14(18)2/h3-12,24H,1-2H3. The average molecular weight is 410 g/mol. The number of imidazole rings is 1. The molecule has 0 saturated carbocycles. The summed E-state index contributed by atoms with van der Waals surface area (Å²) in [5.74, 6) is 0.441. The first-order valence-electron chi connectivity index (χ1n) is 8.30. The molecule has 0 aliphatic rings. The Kier molecular flexibility index (Phi) is 4.24. The van der Waals surface area contributed by atoms with Gasteiger partial charge in [0.2, 0.25) is 0 Å². The molecule has 26 heavy (non-hydrogen) atoms. The number of rotatable bonds is 3. The fraction of sp³-hybridized carbons (Fsp3) is 0.0952. The minimum Gasteiger partial charge on any atom is -0.339 e. The predicted octanol–water partition coefficient (Wildman–Crippen LogP) is 6.26. The van der Waals surface area contributed by atoms with E-state index in [4.69, 9.17) is 4.98 Å². The second kappa shape index (κ2) is 6.57. The quantitative estimate of drug-likeness (QED) is 0.432. The van der Waals surface area contributed by atoms with Gasteiger partial charge in [0.05, 0.1) is 0 Å². The van der Waals surface area contributed by atoms with Gasteiger partial charge in [-0.1, -0.05) is 40.2 Å². The Morgan fingerprint density at radius 1 is 1.04 bits per heavy atom. The lowest BCUT2D eigenvalue weighted by atomic mass is 10.1. The molecule has 2 heterocycles. The third-order valence-corrected chi connectivity index (χ3v) is 4.84.